The number of carbonyl (C=O) groups is 2. The lowest BCUT2D eigenvalue weighted by atomic mass is 9.85. The third-order valence-corrected chi connectivity index (χ3v) is 3.79. The molecular formula is C17H23N2O4-. The second-order valence-electron chi connectivity index (χ2n) is 6.55. The Labute approximate surface area is 136 Å². The van der Waals surface area contributed by atoms with Crippen molar-refractivity contribution in [3.05, 3.63) is 24.3 Å². The Bertz CT molecular complexity index is 565. The number of morpholine rings is 1. The molecule has 0 atom stereocenters. The molecule has 0 spiro atoms. The number of carboxylic acid groups (broad SMARTS) is 1. The molecule has 6 heteroatoms. The maximum atomic E-state index is 12.3. The third-order valence-electron chi connectivity index (χ3n) is 3.79. The van der Waals surface area contributed by atoms with E-state index in [4.69, 9.17) is 4.74 Å². The van der Waals surface area contributed by atoms with E-state index in [0.29, 0.717) is 13.2 Å². The summed E-state index contributed by atoms with van der Waals surface area (Å²) < 4.78 is 5.35. The number of rotatable bonds is 6. The SMILES string of the molecule is CC(C)(CC(=O)[O-])CC(=O)Nc1ccccc1N1CCOCC1. The molecule has 0 aliphatic carbocycles. The van der Waals surface area contributed by atoms with Gasteiger partial charge >= 0.3 is 0 Å². The predicted octanol–water partition coefficient (Wildman–Crippen LogP) is 1.02. The summed E-state index contributed by atoms with van der Waals surface area (Å²) in [6.45, 7) is 6.39. The number of anilines is 2. The minimum absolute atomic E-state index is 0.123. The van der Waals surface area contributed by atoms with Crippen molar-refractivity contribution in [3.8, 4) is 0 Å². The fourth-order valence-electron chi connectivity index (χ4n) is 2.74. The van der Waals surface area contributed by atoms with Gasteiger partial charge < -0.3 is 24.9 Å². The molecule has 0 bridgehead atoms. The molecule has 0 unspecified atom stereocenters. The first-order chi connectivity index (χ1) is 10.9. The highest BCUT2D eigenvalue weighted by Crippen LogP contribution is 2.29. The Morgan fingerprint density at radius 2 is 1.87 bits per heavy atom. The maximum absolute atomic E-state index is 12.3. The average Bonchev–Trinajstić information content (AvgIpc) is 2.46. The summed E-state index contributed by atoms with van der Waals surface area (Å²) in [7, 11) is 0. The van der Waals surface area contributed by atoms with Gasteiger partial charge in [-0.05, 0) is 24.0 Å². The Balaban J connectivity index is 2.04. The fourth-order valence-corrected chi connectivity index (χ4v) is 2.74. The molecular weight excluding hydrogens is 296 g/mol. The molecule has 1 N–H and O–H groups in total. The van der Waals surface area contributed by atoms with Crippen LogP contribution in [0.2, 0.25) is 0 Å². The van der Waals surface area contributed by atoms with E-state index in [1.165, 1.54) is 0 Å². The first kappa shape index (κ1) is 17.3. The summed E-state index contributed by atoms with van der Waals surface area (Å²) in [4.78, 5) is 25.2. The van der Waals surface area contributed by atoms with Crippen LogP contribution in [-0.2, 0) is 14.3 Å². The normalized spacial score (nSPS) is 15.3. The van der Waals surface area contributed by atoms with Crippen molar-refractivity contribution in [1.29, 1.82) is 0 Å². The molecule has 0 saturated carbocycles. The lowest BCUT2D eigenvalue weighted by Gasteiger charge is -2.31. The molecule has 6 nitrogen and oxygen atoms in total. The Kier molecular flexibility index (Phi) is 5.60. The first-order valence-corrected chi connectivity index (χ1v) is 7.79. The molecule has 23 heavy (non-hydrogen) atoms. The largest absolute Gasteiger partial charge is 0.550 e. The zero-order valence-corrected chi connectivity index (χ0v) is 13.6. The second-order valence-corrected chi connectivity index (χ2v) is 6.55. The monoisotopic (exact) mass is 319 g/mol. The second kappa shape index (κ2) is 7.46. The molecule has 2 rings (SSSR count). The standard InChI is InChI=1S/C17H24N2O4/c1-17(2,12-16(21)22)11-15(20)18-13-5-3-4-6-14(13)19-7-9-23-10-8-19/h3-6H,7-12H2,1-2H3,(H,18,20)(H,21,22)/p-1. The number of nitrogens with one attached hydrogen (secondary N) is 1. The molecule has 1 aromatic rings. The van der Waals surface area contributed by atoms with Gasteiger partial charge in [0.2, 0.25) is 5.91 Å². The zero-order chi connectivity index (χ0) is 16.9. The van der Waals surface area contributed by atoms with Crippen LogP contribution in [0.25, 0.3) is 0 Å². The summed E-state index contributed by atoms with van der Waals surface area (Å²) in [5, 5.41) is 13.7. The number of hydrogen-bond acceptors (Lipinski definition) is 5. The number of carbonyl (C=O) groups excluding carboxylic acids is 2. The average molecular weight is 319 g/mol. The van der Waals surface area contributed by atoms with Crippen LogP contribution in [0.1, 0.15) is 26.7 Å². The van der Waals surface area contributed by atoms with Crippen LogP contribution in [0.5, 0.6) is 0 Å². The highest BCUT2D eigenvalue weighted by Gasteiger charge is 2.23. The topological polar surface area (TPSA) is 81.7 Å². The van der Waals surface area contributed by atoms with Gasteiger partial charge in [0, 0.05) is 25.5 Å². The third kappa shape index (κ3) is 5.25. The minimum Gasteiger partial charge on any atom is -0.550 e. The van der Waals surface area contributed by atoms with Crippen molar-refractivity contribution in [2.24, 2.45) is 5.41 Å². The molecule has 1 aliphatic heterocycles. The summed E-state index contributed by atoms with van der Waals surface area (Å²) in [5.41, 5.74) is 1.06. The maximum Gasteiger partial charge on any atom is 0.224 e. The number of aliphatic carboxylic acids is 1. The highest BCUT2D eigenvalue weighted by atomic mass is 16.5. The van der Waals surface area contributed by atoms with Crippen molar-refractivity contribution >= 4 is 23.3 Å². The van der Waals surface area contributed by atoms with Gasteiger partial charge in [0.05, 0.1) is 24.6 Å². The number of carboxylic acids is 1. The lowest BCUT2D eigenvalue weighted by molar-refractivity contribution is -0.307. The molecule has 126 valence electrons. The van der Waals surface area contributed by atoms with Crippen molar-refractivity contribution in [1.82, 2.24) is 0 Å². The summed E-state index contributed by atoms with van der Waals surface area (Å²) in [5.74, 6) is -1.34. The van der Waals surface area contributed by atoms with E-state index in [9.17, 15) is 14.7 Å². The molecule has 0 aromatic heterocycles. The van der Waals surface area contributed by atoms with Gasteiger partial charge in [-0.25, -0.2) is 0 Å². The Hall–Kier alpha value is -2.08. The quantitative estimate of drug-likeness (QED) is 0.846. The lowest BCUT2D eigenvalue weighted by Crippen LogP contribution is -2.37. The Morgan fingerprint density at radius 3 is 2.52 bits per heavy atom. The molecule has 1 amide bonds. The minimum atomic E-state index is -1.14. The number of hydrogen-bond donors (Lipinski definition) is 1. The van der Waals surface area contributed by atoms with Crippen LogP contribution in [0.15, 0.2) is 24.3 Å². The number of benzene rings is 1. The van der Waals surface area contributed by atoms with Gasteiger partial charge in [-0.1, -0.05) is 26.0 Å². The van der Waals surface area contributed by atoms with Gasteiger partial charge in [0.1, 0.15) is 0 Å². The van der Waals surface area contributed by atoms with Crippen LogP contribution in [0, 0.1) is 5.41 Å². The predicted molar refractivity (Wildman–Crippen MR) is 86.1 cm³/mol. The Morgan fingerprint density at radius 1 is 1.22 bits per heavy atom. The fraction of sp³-hybridized carbons (Fsp3) is 0.529. The van der Waals surface area contributed by atoms with Gasteiger partial charge in [-0.2, -0.15) is 0 Å². The van der Waals surface area contributed by atoms with Crippen LogP contribution in [0.3, 0.4) is 0 Å². The van der Waals surface area contributed by atoms with Gasteiger partial charge in [-0.15, -0.1) is 0 Å². The van der Waals surface area contributed by atoms with Crippen LogP contribution in [-0.4, -0.2) is 38.2 Å². The highest BCUT2D eigenvalue weighted by molar-refractivity contribution is 5.94. The number of para-hydroxylation sites is 2. The van der Waals surface area contributed by atoms with Crippen LogP contribution in [0.4, 0.5) is 11.4 Å². The molecule has 1 heterocycles. The van der Waals surface area contributed by atoms with Gasteiger partial charge in [-0.3, -0.25) is 4.79 Å². The number of nitrogens with zero attached hydrogens (tertiary/aromatic N) is 1. The van der Waals surface area contributed by atoms with E-state index in [0.717, 1.165) is 24.5 Å². The van der Waals surface area contributed by atoms with Crippen molar-refractivity contribution in [3.63, 3.8) is 0 Å². The van der Waals surface area contributed by atoms with Crippen molar-refractivity contribution in [2.75, 3.05) is 36.5 Å². The molecule has 1 saturated heterocycles. The number of ether oxygens (including phenoxy) is 1. The smallest absolute Gasteiger partial charge is 0.224 e. The zero-order valence-electron chi connectivity index (χ0n) is 13.6. The van der Waals surface area contributed by atoms with E-state index in [-0.39, 0.29) is 18.7 Å². The van der Waals surface area contributed by atoms with E-state index in [1.807, 2.05) is 24.3 Å². The molecule has 1 aliphatic rings. The van der Waals surface area contributed by atoms with Crippen molar-refractivity contribution < 1.29 is 19.4 Å². The summed E-state index contributed by atoms with van der Waals surface area (Å²) >= 11 is 0. The summed E-state index contributed by atoms with van der Waals surface area (Å²) in [6, 6.07) is 7.62. The number of amides is 1. The molecule has 1 aromatic carbocycles. The molecule has 0 radical (unpaired) electrons. The van der Waals surface area contributed by atoms with Crippen LogP contribution >= 0.6 is 0 Å². The van der Waals surface area contributed by atoms with Crippen molar-refractivity contribution in [2.45, 2.75) is 26.7 Å². The molecule has 1 fully saturated rings. The van der Waals surface area contributed by atoms with Gasteiger partial charge in [0.25, 0.3) is 0 Å². The van der Waals surface area contributed by atoms with E-state index < -0.39 is 11.4 Å². The van der Waals surface area contributed by atoms with Gasteiger partial charge in [0.15, 0.2) is 0 Å². The van der Waals surface area contributed by atoms with Crippen LogP contribution < -0.4 is 15.3 Å². The van der Waals surface area contributed by atoms with E-state index >= 15 is 0 Å². The van der Waals surface area contributed by atoms with E-state index in [2.05, 4.69) is 10.2 Å². The summed E-state index contributed by atoms with van der Waals surface area (Å²) in [6.07, 6.45) is -0.0239. The first-order valence-electron chi connectivity index (χ1n) is 7.79. The van der Waals surface area contributed by atoms with E-state index in [1.54, 1.807) is 13.8 Å².